The summed E-state index contributed by atoms with van der Waals surface area (Å²) in [5.74, 6) is 0. The van der Waals surface area contributed by atoms with Crippen LogP contribution in [0.4, 0.5) is 4.39 Å². The third-order valence-corrected chi connectivity index (χ3v) is 7.60. The quantitative estimate of drug-likeness (QED) is 0.110. The van der Waals surface area contributed by atoms with Gasteiger partial charge in [0.15, 0.2) is 0 Å². The van der Waals surface area contributed by atoms with Gasteiger partial charge in [0.05, 0.1) is 0 Å². The van der Waals surface area contributed by atoms with Crippen molar-refractivity contribution in [2.24, 2.45) is 0 Å². The third kappa shape index (κ3) is 23.3. The maximum Gasteiger partial charge on any atom is 0.300 e. The summed E-state index contributed by atoms with van der Waals surface area (Å²) in [6.07, 6.45) is 22.2. The first-order chi connectivity index (χ1) is 15.8. The van der Waals surface area contributed by atoms with Crippen LogP contribution in [0.3, 0.4) is 0 Å². The highest BCUT2D eigenvalue weighted by molar-refractivity contribution is 7.87. The van der Waals surface area contributed by atoms with E-state index in [1.807, 2.05) is 14.1 Å². The number of alkyl halides is 1. The summed E-state index contributed by atoms with van der Waals surface area (Å²) in [7, 11) is -0.901. The summed E-state index contributed by atoms with van der Waals surface area (Å²) < 4.78 is 47.6. The minimum Gasteiger partial charge on any atom is -0.323 e. The molecule has 0 rings (SSSR count). The molecule has 0 radical (unpaired) electrons. The molecule has 0 aliphatic rings. The first kappa shape index (κ1) is 35.0. The molecular formula is C27H58FNO3S. The summed E-state index contributed by atoms with van der Waals surface area (Å²) in [5.41, 5.74) is 0. The fourth-order valence-corrected chi connectivity index (χ4v) is 4.94. The van der Waals surface area contributed by atoms with Crippen LogP contribution in [-0.4, -0.2) is 32.1 Å². The zero-order chi connectivity index (χ0) is 25.3. The van der Waals surface area contributed by atoms with Gasteiger partial charge in [-0.05, 0) is 39.8 Å². The second-order valence-corrected chi connectivity index (χ2v) is 11.4. The number of halogens is 1. The Balaban J connectivity index is 0. The van der Waals surface area contributed by atoms with Crippen molar-refractivity contribution in [3.05, 3.63) is 0 Å². The molecule has 0 aromatic heterocycles. The first-order valence-electron chi connectivity index (χ1n) is 14.0. The van der Waals surface area contributed by atoms with Crippen LogP contribution >= 0.6 is 0 Å². The van der Waals surface area contributed by atoms with Gasteiger partial charge in [-0.2, -0.15) is 8.42 Å². The maximum atomic E-state index is 15.0. The van der Waals surface area contributed by atoms with E-state index < -0.39 is 15.1 Å². The molecule has 0 aliphatic heterocycles. The Labute approximate surface area is 207 Å². The van der Waals surface area contributed by atoms with Crippen molar-refractivity contribution in [3.8, 4) is 0 Å². The third-order valence-electron chi connectivity index (χ3n) is 6.27. The molecule has 0 fully saturated rings. The van der Waals surface area contributed by atoms with Crippen molar-refractivity contribution < 1.29 is 17.4 Å². The molecule has 4 nitrogen and oxygen atoms in total. The zero-order valence-corrected chi connectivity index (χ0v) is 23.4. The van der Waals surface area contributed by atoms with E-state index in [1.165, 1.54) is 77.0 Å². The molecule has 0 aliphatic carbocycles. The van der Waals surface area contributed by atoms with Crippen LogP contribution in [0.15, 0.2) is 0 Å². The van der Waals surface area contributed by atoms with Crippen LogP contribution in [0.5, 0.6) is 0 Å². The summed E-state index contributed by atoms with van der Waals surface area (Å²) in [4.78, 5) is 0. The van der Waals surface area contributed by atoms with Gasteiger partial charge >= 0.3 is 0 Å². The number of rotatable bonds is 23. The van der Waals surface area contributed by atoms with Gasteiger partial charge in [0, 0.05) is 0 Å². The number of hydrogen-bond acceptors (Lipinski definition) is 3. The van der Waals surface area contributed by atoms with E-state index >= 15 is 0 Å². The first-order valence-corrected chi connectivity index (χ1v) is 15.5. The van der Waals surface area contributed by atoms with Gasteiger partial charge in [0.1, 0.15) is 0 Å². The summed E-state index contributed by atoms with van der Waals surface area (Å²) in [5, 5.41) is 0.299. The Hall–Kier alpha value is -0.200. The minimum atomic E-state index is -4.65. The monoisotopic (exact) mass is 495 g/mol. The summed E-state index contributed by atoms with van der Waals surface area (Å²) in [6, 6.07) is 0. The van der Waals surface area contributed by atoms with E-state index in [1.54, 1.807) is 0 Å². The van der Waals surface area contributed by atoms with E-state index in [-0.39, 0.29) is 12.8 Å². The van der Waals surface area contributed by atoms with Gasteiger partial charge in [0.2, 0.25) is 5.00 Å². The molecule has 0 saturated heterocycles. The normalized spacial score (nSPS) is 13.4. The molecular weight excluding hydrogens is 437 g/mol. The SMILES string of the molecule is CCCCCCCCCCCCCC(F)(CCCCCCCCCCC)S(=O)(=O)O.CNC. The standard InChI is InChI=1S/C25H51FO3S.C2H7N/c1-3-5-7-9-11-13-14-16-18-20-22-24-25(26,30(27,28)29)23-21-19-17-15-12-10-8-6-4-2;1-3-2/h3-24H2,1-2H3,(H,27,28,29);3H,1-2H3. The van der Waals surface area contributed by atoms with Crippen LogP contribution in [-0.2, 0) is 10.1 Å². The molecule has 0 spiro atoms. The van der Waals surface area contributed by atoms with Crippen LogP contribution in [0.1, 0.15) is 155 Å². The number of unbranched alkanes of at least 4 members (excludes halogenated alkanes) is 18. The minimum absolute atomic E-state index is 0.0696. The lowest BCUT2D eigenvalue weighted by Gasteiger charge is -2.22. The molecule has 0 aromatic carbocycles. The Morgan fingerprint density at radius 3 is 1.00 bits per heavy atom. The van der Waals surface area contributed by atoms with Crippen molar-refractivity contribution in [1.29, 1.82) is 0 Å². The molecule has 0 heterocycles. The highest BCUT2D eigenvalue weighted by Crippen LogP contribution is 2.32. The van der Waals surface area contributed by atoms with Gasteiger partial charge in [0.25, 0.3) is 10.1 Å². The highest BCUT2D eigenvalue weighted by atomic mass is 32.2. The van der Waals surface area contributed by atoms with E-state index in [4.69, 9.17) is 0 Å². The van der Waals surface area contributed by atoms with Crippen molar-refractivity contribution in [2.45, 2.75) is 160 Å². The molecule has 6 heteroatoms. The van der Waals surface area contributed by atoms with Crippen molar-refractivity contribution in [1.82, 2.24) is 5.32 Å². The lowest BCUT2D eigenvalue weighted by atomic mass is 10.0. The second kappa shape index (κ2) is 24.9. The van der Waals surface area contributed by atoms with Crippen molar-refractivity contribution >= 4 is 10.1 Å². The Bertz CT molecular complexity index is 488. The van der Waals surface area contributed by atoms with E-state index in [0.717, 1.165) is 38.5 Å². The fraction of sp³-hybridized carbons (Fsp3) is 1.00. The van der Waals surface area contributed by atoms with Crippen LogP contribution in [0, 0.1) is 0 Å². The molecule has 2 N–H and O–H groups in total. The fourth-order valence-electron chi connectivity index (χ4n) is 4.14. The molecule has 0 saturated carbocycles. The molecule has 33 heavy (non-hydrogen) atoms. The topological polar surface area (TPSA) is 66.4 Å². The smallest absolute Gasteiger partial charge is 0.300 e. The van der Waals surface area contributed by atoms with E-state index in [9.17, 15) is 17.4 Å². The Kier molecular flexibility index (Phi) is 26.4. The average molecular weight is 496 g/mol. The molecule has 0 bridgehead atoms. The maximum absolute atomic E-state index is 15.0. The predicted molar refractivity (Wildman–Crippen MR) is 143 cm³/mol. The lowest BCUT2D eigenvalue weighted by molar-refractivity contribution is 0.203. The molecule has 0 amide bonds. The largest absolute Gasteiger partial charge is 0.323 e. The van der Waals surface area contributed by atoms with Crippen LogP contribution < -0.4 is 5.32 Å². The number of hydrogen-bond donors (Lipinski definition) is 2. The van der Waals surface area contributed by atoms with Gasteiger partial charge in [-0.25, -0.2) is 4.39 Å². The molecule has 202 valence electrons. The molecule has 1 atom stereocenters. The van der Waals surface area contributed by atoms with Crippen molar-refractivity contribution in [3.63, 3.8) is 0 Å². The van der Waals surface area contributed by atoms with E-state index in [0.29, 0.717) is 12.8 Å². The molecule has 1 unspecified atom stereocenters. The summed E-state index contributed by atoms with van der Waals surface area (Å²) in [6.45, 7) is 4.43. The average Bonchev–Trinajstić information content (AvgIpc) is 2.76. The Morgan fingerprint density at radius 2 is 0.788 bits per heavy atom. The van der Waals surface area contributed by atoms with E-state index in [2.05, 4.69) is 19.2 Å². The lowest BCUT2D eigenvalue weighted by Crippen LogP contribution is -2.33. The molecule has 0 aromatic rings. The predicted octanol–water partition coefficient (Wildman–Crippen LogP) is 9.00. The van der Waals surface area contributed by atoms with Crippen molar-refractivity contribution in [2.75, 3.05) is 14.1 Å². The number of nitrogens with one attached hydrogen (secondary N) is 1. The highest BCUT2D eigenvalue weighted by Gasteiger charge is 2.42. The van der Waals surface area contributed by atoms with Gasteiger partial charge in [-0.3, -0.25) is 4.55 Å². The van der Waals surface area contributed by atoms with Gasteiger partial charge in [-0.1, -0.05) is 129 Å². The Morgan fingerprint density at radius 1 is 0.576 bits per heavy atom. The van der Waals surface area contributed by atoms with Gasteiger partial charge in [-0.15, -0.1) is 0 Å². The summed E-state index contributed by atoms with van der Waals surface area (Å²) >= 11 is 0. The zero-order valence-electron chi connectivity index (χ0n) is 22.6. The van der Waals surface area contributed by atoms with Crippen LogP contribution in [0.25, 0.3) is 0 Å². The van der Waals surface area contributed by atoms with Crippen LogP contribution in [0.2, 0.25) is 0 Å². The second-order valence-electron chi connectivity index (χ2n) is 9.72. The van der Waals surface area contributed by atoms with Gasteiger partial charge < -0.3 is 5.32 Å².